The number of fused-ring (bicyclic) bond motifs is 1. The van der Waals surface area contributed by atoms with Crippen LogP contribution >= 0.6 is 0 Å². The molecule has 0 aromatic heterocycles. The summed E-state index contributed by atoms with van der Waals surface area (Å²) < 4.78 is 37.7. The second-order valence-corrected chi connectivity index (χ2v) is 6.82. The van der Waals surface area contributed by atoms with Gasteiger partial charge < -0.3 is 9.47 Å². The molecule has 0 saturated carbocycles. The maximum Gasteiger partial charge on any atom is 0.243 e. The molecule has 6 heteroatoms. The zero-order chi connectivity index (χ0) is 13.5. The minimum absolute atomic E-state index is 0.0778. The topological polar surface area (TPSA) is 55.8 Å². The average Bonchev–Trinajstić information content (AvgIpc) is 3.01. The van der Waals surface area contributed by atoms with Crippen molar-refractivity contribution in [1.82, 2.24) is 4.31 Å². The van der Waals surface area contributed by atoms with Crippen LogP contribution in [0.5, 0.6) is 0 Å². The molecular weight excluding hydrogens is 266 g/mol. The molecular formula is C13H17NO4S. The highest BCUT2D eigenvalue weighted by Crippen LogP contribution is 2.35. The summed E-state index contributed by atoms with van der Waals surface area (Å²) in [5.74, 6) is 0.142. The smallest absolute Gasteiger partial charge is 0.243 e. The highest BCUT2D eigenvalue weighted by atomic mass is 32.2. The lowest BCUT2D eigenvalue weighted by atomic mass is 10.0. The first-order valence-electron chi connectivity index (χ1n) is 6.32. The fourth-order valence-electron chi connectivity index (χ4n) is 2.91. The van der Waals surface area contributed by atoms with Crippen LogP contribution in [-0.2, 0) is 19.5 Å². The molecule has 2 fully saturated rings. The van der Waals surface area contributed by atoms with Gasteiger partial charge >= 0.3 is 0 Å². The van der Waals surface area contributed by atoms with Gasteiger partial charge in [-0.15, -0.1) is 0 Å². The van der Waals surface area contributed by atoms with E-state index in [0.29, 0.717) is 24.7 Å². The summed E-state index contributed by atoms with van der Waals surface area (Å²) in [6.07, 6.45) is -0.0778. The van der Waals surface area contributed by atoms with E-state index in [2.05, 4.69) is 0 Å². The van der Waals surface area contributed by atoms with Gasteiger partial charge in [0.05, 0.1) is 30.3 Å². The summed E-state index contributed by atoms with van der Waals surface area (Å²) >= 11 is 0. The minimum atomic E-state index is -3.46. The molecule has 3 atom stereocenters. The van der Waals surface area contributed by atoms with Gasteiger partial charge in [0.25, 0.3) is 0 Å². The Balaban J connectivity index is 1.94. The van der Waals surface area contributed by atoms with Gasteiger partial charge in [0.2, 0.25) is 10.0 Å². The lowest BCUT2D eigenvalue weighted by molar-refractivity contribution is 0.0599. The summed E-state index contributed by atoms with van der Waals surface area (Å²) in [5.41, 5.74) is 0. The molecule has 2 aliphatic heterocycles. The highest BCUT2D eigenvalue weighted by molar-refractivity contribution is 7.89. The summed E-state index contributed by atoms with van der Waals surface area (Å²) in [5, 5.41) is 0. The Hall–Kier alpha value is -0.950. The summed E-state index contributed by atoms with van der Waals surface area (Å²) in [6.45, 7) is 1.44. The first kappa shape index (κ1) is 13.1. The number of rotatable bonds is 3. The monoisotopic (exact) mass is 283 g/mol. The van der Waals surface area contributed by atoms with Gasteiger partial charge in [0, 0.05) is 19.6 Å². The Kier molecular flexibility index (Phi) is 3.34. The van der Waals surface area contributed by atoms with E-state index in [0.717, 1.165) is 0 Å². The second kappa shape index (κ2) is 4.86. The number of methoxy groups -OCH3 is 1. The van der Waals surface area contributed by atoms with Crippen LogP contribution in [0.15, 0.2) is 35.2 Å². The number of sulfonamides is 1. The first-order chi connectivity index (χ1) is 9.14. The van der Waals surface area contributed by atoms with E-state index in [1.165, 1.54) is 4.31 Å². The van der Waals surface area contributed by atoms with E-state index in [1.807, 2.05) is 6.07 Å². The van der Waals surface area contributed by atoms with Gasteiger partial charge in [0.15, 0.2) is 0 Å². The molecule has 19 heavy (non-hydrogen) atoms. The van der Waals surface area contributed by atoms with Crippen molar-refractivity contribution in [2.24, 2.45) is 5.92 Å². The highest BCUT2D eigenvalue weighted by Gasteiger charge is 2.50. The molecule has 1 aromatic rings. The van der Waals surface area contributed by atoms with Crippen LogP contribution in [0.2, 0.25) is 0 Å². The fourth-order valence-corrected chi connectivity index (χ4v) is 4.60. The van der Waals surface area contributed by atoms with Crippen LogP contribution in [0.1, 0.15) is 0 Å². The molecule has 2 saturated heterocycles. The van der Waals surface area contributed by atoms with Crippen molar-refractivity contribution in [1.29, 1.82) is 0 Å². The maximum absolute atomic E-state index is 12.7. The van der Waals surface area contributed by atoms with Crippen molar-refractivity contribution in [2.75, 3.05) is 26.9 Å². The first-order valence-corrected chi connectivity index (χ1v) is 7.76. The Morgan fingerprint density at radius 1 is 1.26 bits per heavy atom. The zero-order valence-corrected chi connectivity index (χ0v) is 11.5. The largest absolute Gasteiger partial charge is 0.380 e. The molecule has 0 bridgehead atoms. The van der Waals surface area contributed by atoms with Crippen LogP contribution in [0.4, 0.5) is 0 Å². The Morgan fingerprint density at radius 3 is 2.68 bits per heavy atom. The Labute approximate surface area is 113 Å². The lowest BCUT2D eigenvalue weighted by Gasteiger charge is -2.21. The van der Waals surface area contributed by atoms with E-state index in [-0.39, 0.29) is 18.1 Å². The van der Waals surface area contributed by atoms with E-state index < -0.39 is 10.0 Å². The molecule has 0 unspecified atom stereocenters. The van der Waals surface area contributed by atoms with Gasteiger partial charge in [-0.05, 0) is 12.1 Å². The molecule has 104 valence electrons. The summed E-state index contributed by atoms with van der Waals surface area (Å²) in [4.78, 5) is 0.331. The standard InChI is InChI=1S/C13H17NO4S/c1-17-13-7-14(12-9-18-8-11(12)13)19(15,16)10-5-3-2-4-6-10/h2-6,11-13H,7-9H2,1H3/t11-,12+,13-/m0/s1. The van der Waals surface area contributed by atoms with E-state index >= 15 is 0 Å². The predicted molar refractivity (Wildman–Crippen MR) is 69.2 cm³/mol. The molecule has 1 aromatic carbocycles. The van der Waals surface area contributed by atoms with Crippen molar-refractivity contribution in [3.63, 3.8) is 0 Å². The Bertz CT molecular complexity index is 545. The van der Waals surface area contributed by atoms with Gasteiger partial charge in [-0.1, -0.05) is 18.2 Å². The molecule has 0 spiro atoms. The van der Waals surface area contributed by atoms with Crippen LogP contribution < -0.4 is 0 Å². The van der Waals surface area contributed by atoms with Crippen molar-refractivity contribution < 1.29 is 17.9 Å². The number of hydrogen-bond acceptors (Lipinski definition) is 4. The lowest BCUT2D eigenvalue weighted by Crippen LogP contribution is -2.38. The molecule has 0 N–H and O–H groups in total. The summed E-state index contributed by atoms with van der Waals surface area (Å²) in [7, 11) is -1.84. The van der Waals surface area contributed by atoms with Gasteiger partial charge in [0.1, 0.15) is 0 Å². The SMILES string of the molecule is CO[C@H]1CN(S(=O)(=O)c2ccccc2)[C@@H]2COC[C@H]12. The van der Waals surface area contributed by atoms with Gasteiger partial charge in [-0.25, -0.2) is 8.42 Å². The van der Waals surface area contributed by atoms with Gasteiger partial charge in [-0.3, -0.25) is 0 Å². The van der Waals surface area contributed by atoms with Crippen LogP contribution in [0.3, 0.4) is 0 Å². The van der Waals surface area contributed by atoms with Crippen LogP contribution in [0.25, 0.3) is 0 Å². The molecule has 2 aliphatic rings. The summed E-state index contributed by atoms with van der Waals surface area (Å²) in [6, 6.07) is 8.43. The molecule has 5 nitrogen and oxygen atoms in total. The third-order valence-electron chi connectivity index (χ3n) is 3.95. The van der Waals surface area contributed by atoms with Crippen molar-refractivity contribution >= 4 is 10.0 Å². The quantitative estimate of drug-likeness (QED) is 0.820. The number of nitrogens with zero attached hydrogens (tertiary/aromatic N) is 1. The Morgan fingerprint density at radius 2 is 2.00 bits per heavy atom. The number of hydrogen-bond donors (Lipinski definition) is 0. The second-order valence-electron chi connectivity index (χ2n) is 4.93. The zero-order valence-electron chi connectivity index (χ0n) is 10.7. The third-order valence-corrected chi connectivity index (χ3v) is 5.86. The molecule has 0 radical (unpaired) electrons. The number of benzene rings is 1. The maximum atomic E-state index is 12.7. The van der Waals surface area contributed by atoms with E-state index in [1.54, 1.807) is 31.4 Å². The van der Waals surface area contributed by atoms with Crippen LogP contribution in [-0.4, -0.2) is 51.7 Å². The molecule has 2 heterocycles. The molecule has 0 aliphatic carbocycles. The average molecular weight is 283 g/mol. The van der Waals surface area contributed by atoms with Crippen molar-refractivity contribution in [3.8, 4) is 0 Å². The predicted octanol–water partition coefficient (Wildman–Crippen LogP) is 0.721. The third kappa shape index (κ3) is 2.08. The fraction of sp³-hybridized carbons (Fsp3) is 0.538. The van der Waals surface area contributed by atoms with E-state index in [9.17, 15) is 8.42 Å². The number of ether oxygens (including phenoxy) is 2. The van der Waals surface area contributed by atoms with E-state index in [4.69, 9.17) is 9.47 Å². The minimum Gasteiger partial charge on any atom is -0.380 e. The molecule has 0 amide bonds. The van der Waals surface area contributed by atoms with Crippen molar-refractivity contribution in [3.05, 3.63) is 30.3 Å². The molecule has 3 rings (SSSR count). The van der Waals surface area contributed by atoms with Crippen molar-refractivity contribution in [2.45, 2.75) is 17.0 Å². The van der Waals surface area contributed by atoms with Crippen LogP contribution in [0, 0.1) is 5.92 Å². The van der Waals surface area contributed by atoms with Gasteiger partial charge in [-0.2, -0.15) is 4.31 Å². The normalized spacial score (nSPS) is 31.5.